The van der Waals surface area contributed by atoms with Crippen molar-refractivity contribution in [2.24, 2.45) is 5.92 Å². The topological polar surface area (TPSA) is 109 Å². The molecule has 0 bridgehead atoms. The van der Waals surface area contributed by atoms with Crippen LogP contribution in [0, 0.1) is 5.92 Å². The molecule has 1 aliphatic heterocycles. The van der Waals surface area contributed by atoms with Gasteiger partial charge in [0.2, 0.25) is 0 Å². The first-order valence-electron chi connectivity index (χ1n) is 16.8. The van der Waals surface area contributed by atoms with Crippen molar-refractivity contribution in [3.05, 3.63) is 150 Å². The summed E-state index contributed by atoms with van der Waals surface area (Å²) in [6.07, 6.45) is -0.840. The number of para-hydroxylation sites is 1. The minimum absolute atomic E-state index is 0.00720. The lowest BCUT2D eigenvalue weighted by molar-refractivity contribution is -0.268. The van der Waals surface area contributed by atoms with Crippen LogP contribution < -0.4 is 15.4 Å². The van der Waals surface area contributed by atoms with E-state index in [2.05, 4.69) is 29.7 Å². The van der Waals surface area contributed by atoms with Crippen LogP contribution >= 0.6 is 11.8 Å². The van der Waals surface area contributed by atoms with Crippen molar-refractivity contribution in [1.29, 1.82) is 0 Å². The number of rotatable bonds is 13. The molecule has 1 saturated heterocycles. The monoisotopic (exact) mass is 690 g/mol. The predicted molar refractivity (Wildman–Crippen MR) is 198 cm³/mol. The molecule has 0 spiro atoms. The van der Waals surface area contributed by atoms with Crippen LogP contribution in [0.25, 0.3) is 11.1 Å². The van der Waals surface area contributed by atoms with Crippen LogP contribution in [-0.4, -0.2) is 40.5 Å². The van der Waals surface area contributed by atoms with Crippen molar-refractivity contribution < 1.29 is 29.2 Å². The van der Waals surface area contributed by atoms with E-state index in [0.717, 1.165) is 44.9 Å². The van der Waals surface area contributed by atoms with Gasteiger partial charge in [0.25, 0.3) is 0 Å². The molecule has 4 atom stereocenters. The minimum atomic E-state index is -0.568. The summed E-state index contributed by atoms with van der Waals surface area (Å²) in [6, 6.07) is 40.5. The maximum absolute atomic E-state index is 12.8. The summed E-state index contributed by atoms with van der Waals surface area (Å²) in [7, 11) is 0. The summed E-state index contributed by atoms with van der Waals surface area (Å²) >= 11 is 1.67. The van der Waals surface area contributed by atoms with E-state index in [9.17, 15) is 15.0 Å². The second-order valence-electron chi connectivity index (χ2n) is 12.1. The molecule has 9 heteroatoms. The number of aliphatic hydroxyl groups is 2. The van der Waals surface area contributed by atoms with Crippen LogP contribution in [0.4, 0.5) is 10.5 Å². The van der Waals surface area contributed by atoms with Gasteiger partial charge in [0.1, 0.15) is 11.5 Å². The molecule has 0 saturated carbocycles. The zero-order valence-corrected chi connectivity index (χ0v) is 28.7. The van der Waals surface area contributed by atoms with E-state index >= 15 is 0 Å². The van der Waals surface area contributed by atoms with Crippen LogP contribution in [0.15, 0.2) is 127 Å². The van der Waals surface area contributed by atoms with Gasteiger partial charge in [-0.2, -0.15) is 11.8 Å². The number of ether oxygens (including phenoxy) is 3. The summed E-state index contributed by atoms with van der Waals surface area (Å²) < 4.78 is 19.0. The molecule has 4 N–H and O–H groups in total. The number of anilines is 1. The molecule has 1 aliphatic rings. The van der Waals surface area contributed by atoms with Crippen molar-refractivity contribution in [2.45, 2.75) is 38.6 Å². The molecule has 0 radical (unpaired) electrons. The van der Waals surface area contributed by atoms with E-state index in [-0.39, 0.29) is 37.4 Å². The number of carbonyl (C=O) groups is 1. The normalized spacial score (nSPS) is 18.7. The molecule has 0 unspecified atom stereocenters. The third kappa shape index (κ3) is 9.12. The van der Waals surface area contributed by atoms with E-state index < -0.39 is 6.29 Å². The maximum Gasteiger partial charge on any atom is 0.319 e. The second-order valence-corrected chi connectivity index (χ2v) is 13.3. The molecular weight excluding hydrogens is 649 g/mol. The van der Waals surface area contributed by atoms with E-state index in [1.807, 2.05) is 103 Å². The summed E-state index contributed by atoms with van der Waals surface area (Å²) in [4.78, 5) is 12.8. The number of amides is 2. The van der Waals surface area contributed by atoms with Gasteiger partial charge in [-0.15, -0.1) is 0 Å². The number of aliphatic hydroxyl groups excluding tert-OH is 2. The zero-order chi connectivity index (χ0) is 34.7. The number of hydrogen-bond donors (Lipinski definition) is 4. The van der Waals surface area contributed by atoms with Crippen molar-refractivity contribution in [2.75, 3.05) is 23.4 Å². The molecule has 258 valence electrons. The quantitative estimate of drug-likeness (QED) is 0.0918. The Balaban J connectivity index is 1.10. The fourth-order valence-electron chi connectivity index (χ4n) is 5.93. The third-order valence-corrected chi connectivity index (χ3v) is 9.72. The van der Waals surface area contributed by atoms with Gasteiger partial charge in [0.05, 0.1) is 25.4 Å². The van der Waals surface area contributed by atoms with Gasteiger partial charge in [0, 0.05) is 35.2 Å². The number of carbonyl (C=O) groups excluding carboxylic acids is 1. The third-order valence-electron chi connectivity index (χ3n) is 8.68. The van der Waals surface area contributed by atoms with Gasteiger partial charge in [-0.1, -0.05) is 97.9 Å². The van der Waals surface area contributed by atoms with Crippen molar-refractivity contribution in [3.8, 4) is 22.6 Å². The Labute approximate surface area is 297 Å². The van der Waals surface area contributed by atoms with Crippen LogP contribution in [0.5, 0.6) is 11.5 Å². The molecule has 0 aliphatic carbocycles. The Hall–Kier alpha value is -4.64. The van der Waals surface area contributed by atoms with Gasteiger partial charge in [-0.05, 0) is 64.2 Å². The molecule has 2 amide bonds. The Bertz CT molecular complexity index is 1800. The predicted octanol–water partition coefficient (Wildman–Crippen LogP) is 8.48. The molecule has 0 aromatic heterocycles. The first kappa shape index (κ1) is 35.2. The van der Waals surface area contributed by atoms with Gasteiger partial charge in [-0.25, -0.2) is 4.79 Å². The fourth-order valence-corrected chi connectivity index (χ4v) is 6.84. The summed E-state index contributed by atoms with van der Waals surface area (Å²) in [5, 5.41) is 24.7. The van der Waals surface area contributed by atoms with E-state index in [0.29, 0.717) is 23.7 Å². The molecule has 1 heterocycles. The van der Waals surface area contributed by atoms with Gasteiger partial charge in [-0.3, -0.25) is 0 Å². The van der Waals surface area contributed by atoms with Gasteiger partial charge < -0.3 is 35.1 Å². The van der Waals surface area contributed by atoms with Crippen LogP contribution in [0.3, 0.4) is 0 Å². The lowest BCUT2D eigenvalue weighted by Gasteiger charge is -2.41. The van der Waals surface area contributed by atoms with Crippen molar-refractivity contribution >= 4 is 23.5 Å². The SMILES string of the molecule is C[C@@H]1[C@H](CSCCO)O[C@H](c2ccc(-c3ccccc3CNC(=O)Nc3ccc(Oc4ccccc4)cc3)cc2)O[C@@H]1c1ccc(CO)cc1. The minimum Gasteiger partial charge on any atom is -0.457 e. The summed E-state index contributed by atoms with van der Waals surface area (Å²) in [6.45, 7) is 2.60. The highest BCUT2D eigenvalue weighted by Crippen LogP contribution is 2.42. The van der Waals surface area contributed by atoms with E-state index in [4.69, 9.17) is 14.2 Å². The van der Waals surface area contributed by atoms with Crippen molar-refractivity contribution in [3.63, 3.8) is 0 Å². The Morgan fingerprint density at radius 2 is 1.46 bits per heavy atom. The van der Waals surface area contributed by atoms with Gasteiger partial charge in [0.15, 0.2) is 6.29 Å². The highest BCUT2D eigenvalue weighted by Gasteiger charge is 2.38. The Morgan fingerprint density at radius 1 is 0.780 bits per heavy atom. The van der Waals surface area contributed by atoms with E-state index in [1.54, 1.807) is 23.9 Å². The smallest absolute Gasteiger partial charge is 0.319 e. The number of nitrogens with one attached hydrogen (secondary N) is 2. The summed E-state index contributed by atoms with van der Waals surface area (Å²) in [5.41, 5.74) is 6.46. The molecule has 5 aromatic carbocycles. The average Bonchev–Trinajstić information content (AvgIpc) is 3.16. The molecule has 8 nitrogen and oxygen atoms in total. The highest BCUT2D eigenvalue weighted by atomic mass is 32.2. The van der Waals surface area contributed by atoms with Crippen LogP contribution in [-0.2, 0) is 22.6 Å². The molecule has 50 heavy (non-hydrogen) atoms. The first-order chi connectivity index (χ1) is 24.5. The van der Waals surface area contributed by atoms with Gasteiger partial charge >= 0.3 is 6.03 Å². The number of hydrogen-bond acceptors (Lipinski definition) is 7. The molecule has 6 rings (SSSR count). The Morgan fingerprint density at radius 3 is 2.18 bits per heavy atom. The number of benzene rings is 5. The van der Waals surface area contributed by atoms with Crippen LogP contribution in [0.1, 0.15) is 41.6 Å². The van der Waals surface area contributed by atoms with E-state index in [1.165, 1.54) is 0 Å². The number of thioether (sulfide) groups is 1. The first-order valence-corrected chi connectivity index (χ1v) is 17.9. The molecular formula is C41H42N2O6S. The maximum atomic E-state index is 12.8. The fraction of sp³-hybridized carbons (Fsp3) is 0.244. The zero-order valence-electron chi connectivity index (χ0n) is 27.9. The summed E-state index contributed by atoms with van der Waals surface area (Å²) in [5.74, 6) is 2.91. The second kappa shape index (κ2) is 17.3. The highest BCUT2D eigenvalue weighted by molar-refractivity contribution is 7.99. The number of urea groups is 1. The van der Waals surface area contributed by atoms with Crippen molar-refractivity contribution in [1.82, 2.24) is 5.32 Å². The largest absolute Gasteiger partial charge is 0.457 e. The average molecular weight is 691 g/mol. The molecule has 5 aromatic rings. The molecule has 1 fully saturated rings. The lowest BCUT2D eigenvalue weighted by atomic mass is 9.91. The van der Waals surface area contributed by atoms with Crippen LogP contribution in [0.2, 0.25) is 0 Å². The standard InChI is InChI=1S/C41H42N2O6S/c1-28-38(27-50-24-23-44)48-40(49-39(28)31-13-11-29(26-45)12-14-31)32-17-15-30(16-18-32)37-10-6-5-7-33(37)25-42-41(46)43-34-19-21-36(22-20-34)47-35-8-3-2-4-9-35/h2-22,28,38-40,44-45H,23-27H2,1H3,(H2,42,43,46)/t28-,38+,39+,40+/m1/s1. The Kier molecular flexibility index (Phi) is 12.2. The lowest BCUT2D eigenvalue weighted by Crippen LogP contribution is -2.38.